The van der Waals surface area contributed by atoms with Crippen molar-refractivity contribution >= 4 is 23.3 Å². The zero-order valence-electron chi connectivity index (χ0n) is 17.1. The van der Waals surface area contributed by atoms with Crippen molar-refractivity contribution in [1.82, 2.24) is 9.47 Å². The highest BCUT2D eigenvalue weighted by Gasteiger charge is 2.32. The Labute approximate surface area is 186 Å². The smallest absolute Gasteiger partial charge is 0.318 e. The number of aryl methyl sites for hydroxylation is 1. The fourth-order valence-corrected chi connectivity index (χ4v) is 4.39. The number of carbonyl (C=O) groups is 1. The van der Waals surface area contributed by atoms with E-state index in [-0.39, 0.29) is 12.1 Å². The molecule has 154 valence electrons. The Balaban J connectivity index is 1.63. The highest BCUT2D eigenvalue weighted by Crippen LogP contribution is 2.37. The van der Waals surface area contributed by atoms with Gasteiger partial charge in [-0.25, -0.2) is 4.79 Å². The van der Waals surface area contributed by atoms with E-state index in [0.717, 1.165) is 22.5 Å². The molecule has 0 radical (unpaired) electrons. The van der Waals surface area contributed by atoms with Crippen LogP contribution in [0.25, 0.3) is 5.69 Å². The van der Waals surface area contributed by atoms with Crippen LogP contribution in [0.3, 0.4) is 0 Å². The number of urea groups is 1. The summed E-state index contributed by atoms with van der Waals surface area (Å²) in [7, 11) is 0. The summed E-state index contributed by atoms with van der Waals surface area (Å²) in [6.45, 7) is 2.56. The van der Waals surface area contributed by atoms with Gasteiger partial charge in [-0.2, -0.15) is 0 Å². The first-order valence-electron chi connectivity index (χ1n) is 10.3. The number of para-hydroxylation sites is 1. The number of hydrogen-bond acceptors (Lipinski definition) is 1. The van der Waals surface area contributed by atoms with Gasteiger partial charge in [0.25, 0.3) is 0 Å². The molecule has 0 aliphatic carbocycles. The molecule has 1 aromatic heterocycles. The molecule has 1 N–H and O–H groups in total. The molecule has 2 amide bonds. The summed E-state index contributed by atoms with van der Waals surface area (Å²) in [5.74, 6) is 0. The minimum atomic E-state index is -0.234. The summed E-state index contributed by atoms with van der Waals surface area (Å²) in [5, 5.41) is 3.62. The van der Waals surface area contributed by atoms with Crippen molar-refractivity contribution < 1.29 is 4.79 Å². The van der Waals surface area contributed by atoms with Gasteiger partial charge >= 0.3 is 6.03 Å². The van der Waals surface area contributed by atoms with Crippen molar-refractivity contribution in [3.05, 3.63) is 119 Å². The van der Waals surface area contributed by atoms with Crippen molar-refractivity contribution in [3.8, 4) is 5.69 Å². The molecule has 2 heterocycles. The molecule has 4 aromatic rings. The quantitative estimate of drug-likeness (QED) is 0.385. The maximum Gasteiger partial charge on any atom is 0.322 e. The molecule has 1 aliphatic rings. The average molecular weight is 428 g/mol. The summed E-state index contributed by atoms with van der Waals surface area (Å²) in [5.41, 5.74) is 6.17. The summed E-state index contributed by atoms with van der Waals surface area (Å²) < 4.78 is 2.19. The Kier molecular flexibility index (Phi) is 5.00. The van der Waals surface area contributed by atoms with Crippen molar-refractivity contribution in [2.24, 2.45) is 0 Å². The number of fused-ring (bicyclic) bond motifs is 3. The second kappa shape index (κ2) is 7.97. The maximum atomic E-state index is 13.6. The van der Waals surface area contributed by atoms with Crippen molar-refractivity contribution in [3.63, 3.8) is 0 Å². The third-order valence-corrected chi connectivity index (χ3v) is 5.93. The predicted molar refractivity (Wildman–Crippen MR) is 125 cm³/mol. The summed E-state index contributed by atoms with van der Waals surface area (Å²) in [6.07, 6.45) is 2.06. The Morgan fingerprint density at radius 2 is 1.77 bits per heavy atom. The van der Waals surface area contributed by atoms with Crippen LogP contribution in [-0.2, 0) is 6.54 Å². The lowest BCUT2D eigenvalue weighted by atomic mass is 10.0. The van der Waals surface area contributed by atoms with E-state index in [1.54, 1.807) is 12.1 Å². The van der Waals surface area contributed by atoms with Gasteiger partial charge in [-0.05, 0) is 54.4 Å². The molecular formula is C26H22ClN3O. The SMILES string of the molecule is Cc1ccc(C2c3cccn3-c3ccccc3CN2C(=O)Nc2cccc(Cl)c2)cc1. The zero-order valence-corrected chi connectivity index (χ0v) is 17.9. The van der Waals surface area contributed by atoms with Gasteiger partial charge in [0, 0.05) is 22.6 Å². The first-order chi connectivity index (χ1) is 15.1. The number of rotatable bonds is 2. The minimum Gasteiger partial charge on any atom is -0.318 e. The molecule has 1 atom stereocenters. The van der Waals surface area contributed by atoms with Gasteiger partial charge in [0.2, 0.25) is 0 Å². The van der Waals surface area contributed by atoms with E-state index in [2.05, 4.69) is 65.5 Å². The molecule has 0 saturated carbocycles. The first kappa shape index (κ1) is 19.5. The molecule has 0 fully saturated rings. The van der Waals surface area contributed by atoms with Crippen LogP contribution >= 0.6 is 11.6 Å². The van der Waals surface area contributed by atoms with Crippen LogP contribution in [0.5, 0.6) is 0 Å². The standard InChI is InChI=1S/C26H22ClN3O/c1-18-11-13-19(14-12-18)25-24-10-5-15-29(24)23-9-3-2-6-20(23)17-30(25)26(31)28-22-8-4-7-21(27)16-22/h2-16,25H,17H2,1H3,(H,28,31). The molecule has 5 rings (SSSR count). The topological polar surface area (TPSA) is 37.3 Å². The van der Waals surface area contributed by atoms with E-state index < -0.39 is 0 Å². The van der Waals surface area contributed by atoms with Crippen molar-refractivity contribution in [2.75, 3.05) is 5.32 Å². The van der Waals surface area contributed by atoms with E-state index in [4.69, 9.17) is 11.6 Å². The summed E-state index contributed by atoms with van der Waals surface area (Å²) in [6, 6.07) is 27.6. The number of nitrogens with zero attached hydrogens (tertiary/aromatic N) is 2. The normalized spacial score (nSPS) is 15.0. The second-order valence-electron chi connectivity index (χ2n) is 7.81. The maximum absolute atomic E-state index is 13.6. The fraction of sp³-hybridized carbons (Fsp3) is 0.115. The van der Waals surface area contributed by atoms with E-state index in [0.29, 0.717) is 17.3 Å². The molecule has 3 aromatic carbocycles. The Morgan fingerprint density at radius 1 is 0.968 bits per heavy atom. The number of aromatic nitrogens is 1. The largest absolute Gasteiger partial charge is 0.322 e. The fourth-order valence-electron chi connectivity index (χ4n) is 4.20. The van der Waals surface area contributed by atoms with Gasteiger partial charge in [0.05, 0.1) is 18.3 Å². The van der Waals surface area contributed by atoms with E-state index in [1.165, 1.54) is 5.56 Å². The Bertz CT molecular complexity index is 1250. The number of nitrogens with one attached hydrogen (secondary N) is 1. The van der Waals surface area contributed by atoms with E-state index >= 15 is 0 Å². The van der Waals surface area contributed by atoms with Crippen LogP contribution in [0.1, 0.15) is 28.4 Å². The van der Waals surface area contributed by atoms with Gasteiger partial charge in [0.1, 0.15) is 0 Å². The zero-order chi connectivity index (χ0) is 21.4. The van der Waals surface area contributed by atoms with Crippen molar-refractivity contribution in [2.45, 2.75) is 19.5 Å². The van der Waals surface area contributed by atoms with Crippen LogP contribution in [0, 0.1) is 6.92 Å². The average Bonchev–Trinajstić information content (AvgIpc) is 3.19. The number of hydrogen-bond donors (Lipinski definition) is 1. The monoisotopic (exact) mass is 427 g/mol. The molecule has 0 bridgehead atoms. The predicted octanol–water partition coefficient (Wildman–Crippen LogP) is 6.58. The van der Waals surface area contributed by atoms with Crippen molar-refractivity contribution in [1.29, 1.82) is 0 Å². The van der Waals surface area contributed by atoms with Gasteiger partial charge in [-0.1, -0.05) is 65.7 Å². The number of amides is 2. The van der Waals surface area contributed by atoms with E-state index in [1.807, 2.05) is 35.2 Å². The van der Waals surface area contributed by atoms with Gasteiger partial charge < -0.3 is 14.8 Å². The third-order valence-electron chi connectivity index (χ3n) is 5.69. The molecule has 31 heavy (non-hydrogen) atoms. The second-order valence-corrected chi connectivity index (χ2v) is 8.25. The van der Waals surface area contributed by atoms with E-state index in [9.17, 15) is 4.79 Å². The number of halogens is 1. The number of benzene rings is 3. The molecule has 0 saturated heterocycles. The van der Waals surface area contributed by atoms with Crippen LogP contribution in [0.4, 0.5) is 10.5 Å². The van der Waals surface area contributed by atoms with Gasteiger partial charge in [0.15, 0.2) is 0 Å². The van der Waals surface area contributed by atoms with Crippen LogP contribution in [0.2, 0.25) is 5.02 Å². The number of carbonyl (C=O) groups excluding carboxylic acids is 1. The Hall–Kier alpha value is -3.50. The van der Waals surface area contributed by atoms with Crippen LogP contribution in [0.15, 0.2) is 91.1 Å². The highest BCUT2D eigenvalue weighted by atomic mass is 35.5. The van der Waals surface area contributed by atoms with Gasteiger partial charge in [-0.15, -0.1) is 0 Å². The Morgan fingerprint density at radius 3 is 2.58 bits per heavy atom. The van der Waals surface area contributed by atoms with Crippen LogP contribution < -0.4 is 5.32 Å². The molecule has 1 unspecified atom stereocenters. The third kappa shape index (κ3) is 3.71. The molecular weight excluding hydrogens is 406 g/mol. The first-order valence-corrected chi connectivity index (χ1v) is 10.6. The summed E-state index contributed by atoms with van der Waals surface area (Å²) >= 11 is 6.13. The highest BCUT2D eigenvalue weighted by molar-refractivity contribution is 6.30. The van der Waals surface area contributed by atoms with Gasteiger partial charge in [-0.3, -0.25) is 0 Å². The lowest BCUT2D eigenvalue weighted by Gasteiger charge is -2.31. The lowest BCUT2D eigenvalue weighted by Crippen LogP contribution is -2.37. The summed E-state index contributed by atoms with van der Waals surface area (Å²) in [4.78, 5) is 15.5. The lowest BCUT2D eigenvalue weighted by molar-refractivity contribution is 0.194. The minimum absolute atomic E-state index is 0.169. The molecule has 4 nitrogen and oxygen atoms in total. The van der Waals surface area contributed by atoms with Crippen LogP contribution in [-0.4, -0.2) is 15.5 Å². The molecule has 5 heteroatoms. The number of anilines is 1. The molecule has 0 spiro atoms. The molecule has 1 aliphatic heterocycles.